The van der Waals surface area contributed by atoms with E-state index in [9.17, 15) is 9.59 Å². The molecule has 2 amide bonds. The normalized spacial score (nSPS) is 17.1. The van der Waals surface area contributed by atoms with Crippen LogP contribution in [0.2, 0.25) is 0 Å². The summed E-state index contributed by atoms with van der Waals surface area (Å²) in [6, 6.07) is 0.0582. The first kappa shape index (κ1) is 16.8. The van der Waals surface area contributed by atoms with Gasteiger partial charge in [-0.1, -0.05) is 13.8 Å². The average Bonchev–Trinajstić information content (AvgIpc) is 2.60. The monoisotopic (exact) mass is 285 g/mol. The first-order valence-corrected chi connectivity index (χ1v) is 7.34. The number of carbonyl (C=O) groups is 2. The number of aliphatic carboxylic acids is 1. The van der Waals surface area contributed by atoms with Crippen LogP contribution in [-0.4, -0.2) is 78.1 Å². The van der Waals surface area contributed by atoms with E-state index in [2.05, 4.69) is 13.8 Å². The van der Waals surface area contributed by atoms with Crippen molar-refractivity contribution < 1.29 is 14.7 Å². The minimum Gasteiger partial charge on any atom is -0.480 e. The maximum absolute atomic E-state index is 12.3. The highest BCUT2D eigenvalue weighted by atomic mass is 16.4. The molecule has 0 unspecified atom stereocenters. The lowest BCUT2D eigenvalue weighted by molar-refractivity contribution is -0.138. The summed E-state index contributed by atoms with van der Waals surface area (Å²) in [6.07, 6.45) is 1.83. The number of urea groups is 1. The Morgan fingerprint density at radius 1 is 1.20 bits per heavy atom. The van der Waals surface area contributed by atoms with Gasteiger partial charge in [-0.25, -0.2) is 4.79 Å². The molecule has 1 aliphatic heterocycles. The molecule has 0 aromatic rings. The second-order valence-corrected chi connectivity index (χ2v) is 5.90. The minimum absolute atomic E-state index is 0.0582. The molecule has 0 saturated carbocycles. The van der Waals surface area contributed by atoms with Crippen LogP contribution in [0.3, 0.4) is 0 Å². The van der Waals surface area contributed by atoms with Gasteiger partial charge in [0.15, 0.2) is 0 Å². The van der Waals surface area contributed by atoms with E-state index in [4.69, 9.17) is 5.11 Å². The minimum atomic E-state index is -0.807. The van der Waals surface area contributed by atoms with Crippen LogP contribution in [-0.2, 0) is 4.79 Å². The van der Waals surface area contributed by atoms with Gasteiger partial charge in [0, 0.05) is 39.8 Å². The predicted octanol–water partition coefficient (Wildman–Crippen LogP) is 1.18. The average molecular weight is 285 g/mol. The van der Waals surface area contributed by atoms with Gasteiger partial charge in [0.1, 0.15) is 0 Å². The van der Waals surface area contributed by atoms with Gasteiger partial charge in [0.2, 0.25) is 0 Å². The zero-order valence-corrected chi connectivity index (χ0v) is 12.8. The van der Waals surface area contributed by atoms with Crippen LogP contribution in [0.15, 0.2) is 0 Å². The molecule has 0 bridgehead atoms. The summed E-state index contributed by atoms with van der Waals surface area (Å²) in [7, 11) is 1.84. The van der Waals surface area contributed by atoms with Gasteiger partial charge in [0.05, 0.1) is 6.54 Å². The van der Waals surface area contributed by atoms with E-state index >= 15 is 0 Å². The lowest BCUT2D eigenvalue weighted by atomic mass is 10.1. The van der Waals surface area contributed by atoms with Crippen molar-refractivity contribution in [3.63, 3.8) is 0 Å². The highest BCUT2D eigenvalue weighted by molar-refractivity contribution is 5.74. The van der Waals surface area contributed by atoms with Gasteiger partial charge in [0.25, 0.3) is 0 Å². The van der Waals surface area contributed by atoms with Crippen molar-refractivity contribution in [2.75, 3.05) is 46.3 Å². The molecule has 1 N–H and O–H groups in total. The number of hydrogen-bond acceptors (Lipinski definition) is 3. The lowest BCUT2D eigenvalue weighted by Crippen LogP contribution is -2.43. The number of carboxylic acids is 1. The third kappa shape index (κ3) is 5.77. The van der Waals surface area contributed by atoms with E-state index in [1.165, 1.54) is 0 Å². The van der Waals surface area contributed by atoms with Crippen LogP contribution in [0.25, 0.3) is 0 Å². The highest BCUT2D eigenvalue weighted by Gasteiger charge is 2.22. The van der Waals surface area contributed by atoms with Gasteiger partial charge in [-0.3, -0.25) is 9.69 Å². The van der Waals surface area contributed by atoms with Gasteiger partial charge < -0.3 is 14.9 Å². The molecule has 0 atom stereocenters. The van der Waals surface area contributed by atoms with E-state index in [0.717, 1.165) is 25.9 Å². The molecule has 0 aromatic carbocycles. The smallest absolute Gasteiger partial charge is 0.319 e. The molecule has 6 heteroatoms. The topological polar surface area (TPSA) is 64.1 Å². The molecule has 0 radical (unpaired) electrons. The molecule has 116 valence electrons. The molecule has 1 saturated heterocycles. The van der Waals surface area contributed by atoms with Crippen LogP contribution in [0.5, 0.6) is 0 Å². The summed E-state index contributed by atoms with van der Waals surface area (Å²) in [5, 5.41) is 8.81. The van der Waals surface area contributed by atoms with Gasteiger partial charge in [-0.2, -0.15) is 0 Å². The number of carboxylic acid groups (broad SMARTS) is 1. The highest BCUT2D eigenvalue weighted by Crippen LogP contribution is 2.08. The number of carbonyl (C=O) groups excluding carboxylic acids is 1. The Morgan fingerprint density at radius 3 is 2.50 bits per heavy atom. The Bertz CT molecular complexity index is 334. The van der Waals surface area contributed by atoms with Gasteiger partial charge in [-0.05, 0) is 18.8 Å². The van der Waals surface area contributed by atoms with Gasteiger partial charge >= 0.3 is 12.0 Å². The van der Waals surface area contributed by atoms with Crippen molar-refractivity contribution in [3.05, 3.63) is 0 Å². The van der Waals surface area contributed by atoms with Gasteiger partial charge in [-0.15, -0.1) is 0 Å². The van der Waals surface area contributed by atoms with Crippen molar-refractivity contribution in [2.24, 2.45) is 5.92 Å². The van der Waals surface area contributed by atoms with Crippen LogP contribution >= 0.6 is 0 Å². The summed E-state index contributed by atoms with van der Waals surface area (Å²) >= 11 is 0. The molecule has 1 rings (SSSR count). The van der Waals surface area contributed by atoms with Crippen molar-refractivity contribution in [1.82, 2.24) is 14.7 Å². The first-order valence-electron chi connectivity index (χ1n) is 7.34. The molecule has 0 aromatic heterocycles. The molecular formula is C14H27N3O3. The Labute approximate surface area is 121 Å². The Hall–Kier alpha value is -1.30. The van der Waals surface area contributed by atoms with Crippen LogP contribution in [0, 0.1) is 5.92 Å². The number of nitrogens with zero attached hydrogens (tertiary/aromatic N) is 3. The van der Waals surface area contributed by atoms with Crippen molar-refractivity contribution >= 4 is 12.0 Å². The zero-order valence-electron chi connectivity index (χ0n) is 12.8. The number of hydrogen-bond donors (Lipinski definition) is 1. The molecule has 0 spiro atoms. The summed E-state index contributed by atoms with van der Waals surface area (Å²) in [6.45, 7) is 7.82. The van der Waals surface area contributed by atoms with Crippen LogP contribution in [0.1, 0.15) is 26.7 Å². The van der Waals surface area contributed by atoms with Crippen molar-refractivity contribution in [1.29, 1.82) is 0 Å². The maximum Gasteiger partial charge on any atom is 0.319 e. The maximum atomic E-state index is 12.3. The summed E-state index contributed by atoms with van der Waals surface area (Å²) in [4.78, 5) is 28.5. The van der Waals surface area contributed by atoms with Crippen molar-refractivity contribution in [2.45, 2.75) is 26.7 Å². The second-order valence-electron chi connectivity index (χ2n) is 5.90. The molecule has 1 fully saturated rings. The largest absolute Gasteiger partial charge is 0.480 e. The molecule has 6 nitrogen and oxygen atoms in total. The van der Waals surface area contributed by atoms with E-state index in [0.29, 0.717) is 25.6 Å². The molecule has 1 aliphatic rings. The fourth-order valence-corrected chi connectivity index (χ4v) is 2.30. The van der Waals surface area contributed by atoms with Crippen LogP contribution < -0.4 is 0 Å². The van der Waals surface area contributed by atoms with Crippen LogP contribution in [0.4, 0.5) is 4.79 Å². The molecule has 1 heterocycles. The third-order valence-electron chi connectivity index (χ3n) is 3.59. The molecule has 0 aliphatic carbocycles. The van der Waals surface area contributed by atoms with E-state index in [1.54, 1.807) is 4.90 Å². The number of rotatable bonds is 5. The zero-order chi connectivity index (χ0) is 15.1. The van der Waals surface area contributed by atoms with Crippen molar-refractivity contribution in [3.8, 4) is 0 Å². The summed E-state index contributed by atoms with van der Waals surface area (Å²) in [5.41, 5.74) is 0. The first-order chi connectivity index (χ1) is 9.40. The van der Waals surface area contributed by atoms with E-state index in [-0.39, 0.29) is 12.6 Å². The Morgan fingerprint density at radius 2 is 1.90 bits per heavy atom. The fraction of sp³-hybridized carbons (Fsp3) is 0.857. The summed E-state index contributed by atoms with van der Waals surface area (Å²) < 4.78 is 0. The lowest BCUT2D eigenvalue weighted by Gasteiger charge is -2.27. The Kier molecular flexibility index (Phi) is 6.78. The summed E-state index contributed by atoms with van der Waals surface area (Å²) in [5.74, 6) is -0.223. The standard InChI is InChI=1S/C14H27N3O3/c1-12(2)5-8-15(3)14(20)17-7-4-6-16(9-10-17)11-13(18)19/h12H,4-11H2,1-3H3,(H,18,19). The second kappa shape index (κ2) is 8.09. The van der Waals surface area contributed by atoms with E-state index in [1.807, 2.05) is 16.8 Å². The SMILES string of the molecule is CC(C)CCN(C)C(=O)N1CCCN(CC(=O)O)CC1. The number of amides is 2. The predicted molar refractivity (Wildman–Crippen MR) is 77.7 cm³/mol. The van der Waals surface area contributed by atoms with E-state index < -0.39 is 5.97 Å². The molecular weight excluding hydrogens is 258 g/mol. The fourth-order valence-electron chi connectivity index (χ4n) is 2.30. The quantitative estimate of drug-likeness (QED) is 0.824. The molecule has 20 heavy (non-hydrogen) atoms. The Balaban J connectivity index is 2.43. The third-order valence-corrected chi connectivity index (χ3v) is 3.59.